The van der Waals surface area contributed by atoms with Crippen molar-refractivity contribution in [2.75, 3.05) is 50.5 Å². The molecule has 0 bridgehead atoms. The van der Waals surface area contributed by atoms with Crippen molar-refractivity contribution < 1.29 is 4.74 Å². The first-order valence-electron chi connectivity index (χ1n) is 7.53. The summed E-state index contributed by atoms with van der Waals surface area (Å²) in [6.45, 7) is 7.25. The molecule has 20 heavy (non-hydrogen) atoms. The third-order valence-corrected chi connectivity index (χ3v) is 3.66. The smallest absolute Gasteiger partial charge is 0.239 e. The SMILES string of the molecule is CCCOc1nc(N(C)CCN2CCCC2)ccc1N. The van der Waals surface area contributed by atoms with E-state index in [0.717, 1.165) is 25.3 Å². The topological polar surface area (TPSA) is 54.6 Å². The predicted molar refractivity (Wildman–Crippen MR) is 83.4 cm³/mol. The minimum Gasteiger partial charge on any atom is -0.476 e. The number of rotatable bonds is 7. The van der Waals surface area contributed by atoms with Gasteiger partial charge < -0.3 is 20.3 Å². The first kappa shape index (κ1) is 14.9. The number of nitrogens with zero attached hydrogens (tertiary/aromatic N) is 3. The van der Waals surface area contributed by atoms with Crippen LogP contribution in [0.3, 0.4) is 0 Å². The Morgan fingerprint density at radius 1 is 1.35 bits per heavy atom. The lowest BCUT2D eigenvalue weighted by molar-refractivity contribution is 0.307. The molecule has 1 saturated heterocycles. The number of aromatic nitrogens is 1. The highest BCUT2D eigenvalue weighted by molar-refractivity contribution is 5.54. The molecule has 1 fully saturated rings. The zero-order valence-electron chi connectivity index (χ0n) is 12.6. The summed E-state index contributed by atoms with van der Waals surface area (Å²) in [7, 11) is 2.07. The highest BCUT2D eigenvalue weighted by atomic mass is 16.5. The number of nitrogens with two attached hydrogens (primary N) is 1. The molecule has 1 aliphatic heterocycles. The third kappa shape index (κ3) is 4.00. The second-order valence-electron chi connectivity index (χ2n) is 5.38. The number of hydrogen-bond acceptors (Lipinski definition) is 5. The van der Waals surface area contributed by atoms with E-state index in [4.69, 9.17) is 10.5 Å². The molecule has 5 heteroatoms. The van der Waals surface area contributed by atoms with E-state index < -0.39 is 0 Å². The normalized spacial score (nSPS) is 15.5. The molecule has 0 amide bonds. The Morgan fingerprint density at radius 3 is 2.80 bits per heavy atom. The summed E-state index contributed by atoms with van der Waals surface area (Å²) in [5.41, 5.74) is 6.50. The fourth-order valence-corrected chi connectivity index (χ4v) is 2.38. The molecule has 0 atom stereocenters. The number of nitrogen functional groups attached to an aromatic ring is 1. The lowest BCUT2D eigenvalue weighted by atomic mass is 10.3. The Bertz CT molecular complexity index is 418. The second kappa shape index (κ2) is 7.33. The molecular formula is C15H26N4O. The van der Waals surface area contributed by atoms with Gasteiger partial charge in [0.05, 0.1) is 12.3 Å². The first-order chi connectivity index (χ1) is 9.70. The van der Waals surface area contributed by atoms with Gasteiger partial charge in [-0.05, 0) is 44.5 Å². The van der Waals surface area contributed by atoms with Crippen molar-refractivity contribution in [1.29, 1.82) is 0 Å². The van der Waals surface area contributed by atoms with E-state index in [9.17, 15) is 0 Å². The van der Waals surface area contributed by atoms with Gasteiger partial charge in [0, 0.05) is 20.1 Å². The molecule has 112 valence electrons. The van der Waals surface area contributed by atoms with Gasteiger partial charge in [-0.2, -0.15) is 4.98 Å². The number of pyridine rings is 1. The quantitative estimate of drug-likeness (QED) is 0.826. The molecule has 0 saturated carbocycles. The number of likely N-dealkylation sites (tertiary alicyclic amines) is 1. The van der Waals surface area contributed by atoms with Gasteiger partial charge in [0.25, 0.3) is 0 Å². The van der Waals surface area contributed by atoms with Gasteiger partial charge in [0.2, 0.25) is 5.88 Å². The van der Waals surface area contributed by atoms with E-state index in [0.29, 0.717) is 18.2 Å². The Balaban J connectivity index is 1.92. The summed E-state index contributed by atoms with van der Waals surface area (Å²) in [6.07, 6.45) is 3.62. The molecule has 1 aliphatic rings. The summed E-state index contributed by atoms with van der Waals surface area (Å²) in [5, 5.41) is 0. The van der Waals surface area contributed by atoms with Crippen LogP contribution >= 0.6 is 0 Å². The first-order valence-corrected chi connectivity index (χ1v) is 7.53. The van der Waals surface area contributed by atoms with Gasteiger partial charge in [-0.1, -0.05) is 6.92 Å². The molecule has 5 nitrogen and oxygen atoms in total. The van der Waals surface area contributed by atoms with Crippen LogP contribution in [-0.2, 0) is 0 Å². The van der Waals surface area contributed by atoms with Gasteiger partial charge in [0.15, 0.2) is 0 Å². The van der Waals surface area contributed by atoms with E-state index in [1.807, 2.05) is 12.1 Å². The van der Waals surface area contributed by atoms with Crippen molar-refractivity contribution in [1.82, 2.24) is 9.88 Å². The van der Waals surface area contributed by atoms with Crippen molar-refractivity contribution in [3.63, 3.8) is 0 Å². The Labute approximate surface area is 121 Å². The molecule has 1 aromatic rings. The highest BCUT2D eigenvalue weighted by Gasteiger charge is 2.13. The zero-order valence-corrected chi connectivity index (χ0v) is 12.6. The van der Waals surface area contributed by atoms with Crippen LogP contribution in [0.15, 0.2) is 12.1 Å². The van der Waals surface area contributed by atoms with Crippen LogP contribution in [0.1, 0.15) is 26.2 Å². The summed E-state index contributed by atoms with van der Waals surface area (Å²) < 4.78 is 5.58. The van der Waals surface area contributed by atoms with Crippen molar-refractivity contribution >= 4 is 11.5 Å². The van der Waals surface area contributed by atoms with Gasteiger partial charge in [-0.3, -0.25) is 0 Å². The lowest BCUT2D eigenvalue weighted by Gasteiger charge is -2.23. The number of anilines is 2. The fourth-order valence-electron chi connectivity index (χ4n) is 2.38. The largest absolute Gasteiger partial charge is 0.476 e. The number of ether oxygens (including phenoxy) is 1. The van der Waals surface area contributed by atoms with E-state index in [1.54, 1.807) is 0 Å². The molecule has 1 aromatic heterocycles. The maximum atomic E-state index is 5.89. The van der Waals surface area contributed by atoms with Crippen molar-refractivity contribution in [3.8, 4) is 5.88 Å². The van der Waals surface area contributed by atoms with Gasteiger partial charge in [0.1, 0.15) is 5.82 Å². The molecule has 2 heterocycles. The van der Waals surface area contributed by atoms with Crippen LogP contribution in [0.25, 0.3) is 0 Å². The van der Waals surface area contributed by atoms with Gasteiger partial charge in [-0.25, -0.2) is 0 Å². The lowest BCUT2D eigenvalue weighted by Crippen LogP contribution is -2.31. The summed E-state index contributed by atoms with van der Waals surface area (Å²) in [5.74, 6) is 1.47. The van der Waals surface area contributed by atoms with Gasteiger partial charge in [-0.15, -0.1) is 0 Å². The van der Waals surface area contributed by atoms with Crippen molar-refractivity contribution in [2.45, 2.75) is 26.2 Å². The number of hydrogen-bond donors (Lipinski definition) is 1. The fraction of sp³-hybridized carbons (Fsp3) is 0.667. The van der Waals surface area contributed by atoms with Crippen LogP contribution < -0.4 is 15.4 Å². The Kier molecular flexibility index (Phi) is 5.47. The maximum Gasteiger partial charge on any atom is 0.239 e. The molecule has 0 aromatic carbocycles. The summed E-state index contributed by atoms with van der Waals surface area (Å²) >= 11 is 0. The minimum absolute atomic E-state index is 0.553. The molecule has 0 spiro atoms. The van der Waals surface area contributed by atoms with Crippen LogP contribution in [0.4, 0.5) is 11.5 Å². The second-order valence-corrected chi connectivity index (χ2v) is 5.38. The maximum absolute atomic E-state index is 5.89. The molecular weight excluding hydrogens is 252 g/mol. The highest BCUT2D eigenvalue weighted by Crippen LogP contribution is 2.22. The molecule has 2 N–H and O–H groups in total. The molecule has 0 unspecified atom stereocenters. The van der Waals surface area contributed by atoms with E-state index in [1.165, 1.54) is 25.9 Å². The monoisotopic (exact) mass is 278 g/mol. The average Bonchev–Trinajstić information content (AvgIpc) is 2.97. The Morgan fingerprint density at radius 2 is 2.10 bits per heavy atom. The average molecular weight is 278 g/mol. The predicted octanol–water partition coefficient (Wildman–Crippen LogP) is 1.98. The zero-order chi connectivity index (χ0) is 14.4. The standard InChI is InChI=1S/C15H26N4O/c1-3-12-20-15-13(16)6-7-14(17-15)18(2)10-11-19-8-4-5-9-19/h6-7H,3-5,8-12,16H2,1-2H3. The van der Waals surface area contributed by atoms with Crippen LogP contribution in [0.5, 0.6) is 5.88 Å². The number of likely N-dealkylation sites (N-methyl/N-ethyl adjacent to an activating group) is 1. The van der Waals surface area contributed by atoms with Crippen molar-refractivity contribution in [2.24, 2.45) is 0 Å². The molecule has 0 radical (unpaired) electrons. The summed E-state index contributed by atoms with van der Waals surface area (Å²) in [4.78, 5) is 9.18. The van der Waals surface area contributed by atoms with E-state index in [-0.39, 0.29) is 0 Å². The minimum atomic E-state index is 0.553. The Hall–Kier alpha value is -1.49. The van der Waals surface area contributed by atoms with Crippen LogP contribution in [0.2, 0.25) is 0 Å². The third-order valence-electron chi connectivity index (χ3n) is 3.66. The van der Waals surface area contributed by atoms with Gasteiger partial charge >= 0.3 is 0 Å². The van der Waals surface area contributed by atoms with E-state index >= 15 is 0 Å². The van der Waals surface area contributed by atoms with E-state index in [2.05, 4.69) is 28.8 Å². The molecule has 2 rings (SSSR count). The molecule has 0 aliphatic carbocycles. The summed E-state index contributed by atoms with van der Waals surface area (Å²) in [6, 6.07) is 3.83. The van der Waals surface area contributed by atoms with Crippen LogP contribution in [-0.4, -0.2) is 49.7 Å². The van der Waals surface area contributed by atoms with Crippen molar-refractivity contribution in [3.05, 3.63) is 12.1 Å². The van der Waals surface area contributed by atoms with Crippen LogP contribution in [0, 0.1) is 0 Å².